The number of carbonyl (C=O) groups excluding carboxylic acids is 1. The van der Waals surface area contributed by atoms with Crippen molar-refractivity contribution in [3.05, 3.63) is 95.8 Å². The molecule has 1 aromatic heterocycles. The molecule has 0 aliphatic heterocycles. The summed E-state index contributed by atoms with van der Waals surface area (Å²) in [6.07, 6.45) is 1.62. The molecule has 3 aromatic rings. The highest BCUT2D eigenvalue weighted by Crippen LogP contribution is 2.23. The lowest BCUT2D eigenvalue weighted by atomic mass is 10.0. The Morgan fingerprint density at radius 1 is 0.962 bits per heavy atom. The van der Waals surface area contributed by atoms with E-state index in [1.807, 2.05) is 36.4 Å². The van der Waals surface area contributed by atoms with E-state index in [2.05, 4.69) is 9.71 Å². The van der Waals surface area contributed by atoms with Crippen molar-refractivity contribution in [1.82, 2.24) is 9.71 Å². The predicted octanol–water partition coefficient (Wildman–Crippen LogP) is 3.35. The molecular weight excluding hydrogens is 348 g/mol. The smallest absolute Gasteiger partial charge is 0.241 e. The van der Waals surface area contributed by atoms with Gasteiger partial charge < -0.3 is 0 Å². The summed E-state index contributed by atoms with van der Waals surface area (Å²) in [6, 6.07) is 19.9. The van der Waals surface area contributed by atoms with Crippen LogP contribution < -0.4 is 4.72 Å². The van der Waals surface area contributed by atoms with E-state index in [4.69, 9.17) is 0 Å². The zero-order valence-electron chi connectivity index (χ0n) is 14.2. The van der Waals surface area contributed by atoms with Gasteiger partial charge >= 0.3 is 0 Å². The number of nitrogens with one attached hydrogen (secondary N) is 1. The lowest BCUT2D eigenvalue weighted by molar-refractivity contribution is 0.101. The molecule has 2 aromatic carbocycles. The van der Waals surface area contributed by atoms with Gasteiger partial charge in [-0.3, -0.25) is 9.78 Å². The van der Waals surface area contributed by atoms with Crippen molar-refractivity contribution in [3.63, 3.8) is 0 Å². The third-order valence-electron chi connectivity index (χ3n) is 3.94. The van der Waals surface area contributed by atoms with Crippen LogP contribution in [0.1, 0.15) is 34.6 Å². The van der Waals surface area contributed by atoms with Gasteiger partial charge in [0.15, 0.2) is 5.78 Å². The van der Waals surface area contributed by atoms with E-state index >= 15 is 0 Å². The first-order valence-corrected chi connectivity index (χ1v) is 9.55. The molecule has 26 heavy (non-hydrogen) atoms. The van der Waals surface area contributed by atoms with Crippen LogP contribution in [0.3, 0.4) is 0 Å². The van der Waals surface area contributed by atoms with E-state index in [0.717, 1.165) is 5.56 Å². The first-order chi connectivity index (χ1) is 12.5. The third kappa shape index (κ3) is 4.04. The Hall–Kier alpha value is -2.83. The molecule has 0 aliphatic carbocycles. The number of hydrogen-bond donors (Lipinski definition) is 1. The first-order valence-electron chi connectivity index (χ1n) is 8.06. The van der Waals surface area contributed by atoms with E-state index < -0.39 is 16.1 Å². The number of benzene rings is 2. The molecule has 0 saturated carbocycles. The van der Waals surface area contributed by atoms with E-state index in [1.165, 1.54) is 19.1 Å². The monoisotopic (exact) mass is 366 g/mol. The molecule has 0 radical (unpaired) electrons. The van der Waals surface area contributed by atoms with Crippen LogP contribution in [0.2, 0.25) is 0 Å². The molecule has 5 nitrogen and oxygen atoms in total. The fourth-order valence-electron chi connectivity index (χ4n) is 2.60. The molecule has 0 bridgehead atoms. The van der Waals surface area contributed by atoms with Crippen molar-refractivity contribution in [2.24, 2.45) is 0 Å². The highest BCUT2D eigenvalue weighted by molar-refractivity contribution is 7.89. The zero-order chi connectivity index (χ0) is 18.6. The third-order valence-corrected chi connectivity index (χ3v) is 5.36. The second-order valence-electron chi connectivity index (χ2n) is 5.80. The lowest BCUT2D eigenvalue weighted by Gasteiger charge is -2.19. The van der Waals surface area contributed by atoms with Gasteiger partial charge in [-0.2, -0.15) is 4.72 Å². The number of pyridine rings is 1. The minimum absolute atomic E-state index is 0.0436. The van der Waals surface area contributed by atoms with Crippen LogP contribution >= 0.6 is 0 Å². The number of Topliss-reactive ketones (excluding diaryl/α,β-unsaturated/α-hetero) is 1. The van der Waals surface area contributed by atoms with Crippen molar-refractivity contribution in [2.75, 3.05) is 0 Å². The molecule has 0 saturated heterocycles. The number of carbonyl (C=O) groups is 1. The van der Waals surface area contributed by atoms with Gasteiger partial charge in [-0.05, 0) is 36.8 Å². The Labute approximate surface area is 152 Å². The van der Waals surface area contributed by atoms with Crippen LogP contribution in [0.15, 0.2) is 83.9 Å². The van der Waals surface area contributed by atoms with Crippen LogP contribution in [0, 0.1) is 0 Å². The highest BCUT2D eigenvalue weighted by atomic mass is 32.2. The Morgan fingerprint density at radius 3 is 2.35 bits per heavy atom. The quantitative estimate of drug-likeness (QED) is 0.679. The minimum atomic E-state index is -3.85. The molecule has 132 valence electrons. The van der Waals surface area contributed by atoms with Gasteiger partial charge in [0, 0.05) is 11.8 Å². The predicted molar refractivity (Wildman–Crippen MR) is 99.3 cm³/mol. The number of rotatable bonds is 6. The van der Waals surface area contributed by atoms with E-state index in [9.17, 15) is 13.2 Å². The molecule has 0 aliphatic rings. The molecular formula is C20H18N2O3S. The molecule has 0 amide bonds. The maximum atomic E-state index is 12.9. The standard InChI is InChI=1S/C20H18N2O3S/c1-15(23)17-10-7-11-18(14-17)26(24,25)22-20(16-8-3-2-4-9-16)19-12-5-6-13-21-19/h2-14,20,22H,1H3. The van der Waals surface area contributed by atoms with Crippen LogP contribution in [0.25, 0.3) is 0 Å². The molecule has 0 spiro atoms. The Kier molecular flexibility index (Phi) is 5.25. The molecule has 1 atom stereocenters. The number of ketones is 1. The van der Waals surface area contributed by atoms with Crippen molar-refractivity contribution < 1.29 is 13.2 Å². The number of sulfonamides is 1. The summed E-state index contributed by atoms with van der Waals surface area (Å²) in [5.74, 6) is -0.189. The van der Waals surface area contributed by atoms with Crippen LogP contribution in [0.4, 0.5) is 0 Å². The molecule has 1 heterocycles. The summed E-state index contributed by atoms with van der Waals surface area (Å²) in [5.41, 5.74) is 1.71. The average Bonchev–Trinajstić information content (AvgIpc) is 2.67. The van der Waals surface area contributed by atoms with Crippen LogP contribution in [-0.2, 0) is 10.0 Å². The van der Waals surface area contributed by atoms with Crippen molar-refractivity contribution in [3.8, 4) is 0 Å². The van der Waals surface area contributed by atoms with Gasteiger partial charge in [0.1, 0.15) is 0 Å². The van der Waals surface area contributed by atoms with Crippen molar-refractivity contribution >= 4 is 15.8 Å². The normalized spacial score (nSPS) is 12.5. The summed E-state index contributed by atoms with van der Waals surface area (Å²) in [4.78, 5) is 15.9. The van der Waals surface area contributed by atoms with E-state index in [1.54, 1.807) is 30.5 Å². The topological polar surface area (TPSA) is 76.1 Å². The lowest BCUT2D eigenvalue weighted by Crippen LogP contribution is -2.30. The highest BCUT2D eigenvalue weighted by Gasteiger charge is 2.24. The van der Waals surface area contributed by atoms with E-state index in [-0.39, 0.29) is 10.7 Å². The fraction of sp³-hybridized carbons (Fsp3) is 0.100. The van der Waals surface area contributed by atoms with Crippen molar-refractivity contribution in [2.45, 2.75) is 17.9 Å². The summed E-state index contributed by atoms with van der Waals surface area (Å²) in [5, 5.41) is 0. The van der Waals surface area contributed by atoms with Crippen LogP contribution in [0.5, 0.6) is 0 Å². The zero-order valence-corrected chi connectivity index (χ0v) is 15.0. The summed E-state index contributed by atoms with van der Waals surface area (Å²) in [6.45, 7) is 1.40. The molecule has 1 N–H and O–H groups in total. The van der Waals surface area contributed by atoms with Gasteiger partial charge in [0.2, 0.25) is 10.0 Å². The molecule has 6 heteroatoms. The van der Waals surface area contributed by atoms with E-state index in [0.29, 0.717) is 11.3 Å². The largest absolute Gasteiger partial charge is 0.295 e. The first kappa shape index (κ1) is 18.0. The molecule has 0 fully saturated rings. The maximum Gasteiger partial charge on any atom is 0.241 e. The molecule has 3 rings (SSSR count). The fourth-order valence-corrected chi connectivity index (χ4v) is 3.84. The van der Waals surface area contributed by atoms with Crippen LogP contribution in [-0.4, -0.2) is 19.2 Å². The number of aromatic nitrogens is 1. The second-order valence-corrected chi connectivity index (χ2v) is 7.52. The van der Waals surface area contributed by atoms with Gasteiger partial charge in [-0.1, -0.05) is 48.5 Å². The Balaban J connectivity index is 2.01. The average molecular weight is 366 g/mol. The second kappa shape index (κ2) is 7.59. The number of hydrogen-bond acceptors (Lipinski definition) is 4. The van der Waals surface area contributed by atoms with Gasteiger partial charge in [0.25, 0.3) is 0 Å². The van der Waals surface area contributed by atoms with Gasteiger partial charge in [-0.15, -0.1) is 0 Å². The Bertz CT molecular complexity index is 964. The Morgan fingerprint density at radius 2 is 1.69 bits per heavy atom. The summed E-state index contributed by atoms with van der Waals surface area (Å²) >= 11 is 0. The maximum absolute atomic E-state index is 12.9. The van der Waals surface area contributed by atoms with Gasteiger partial charge in [-0.25, -0.2) is 8.42 Å². The van der Waals surface area contributed by atoms with Crippen molar-refractivity contribution in [1.29, 1.82) is 0 Å². The summed E-state index contributed by atoms with van der Waals surface area (Å²) in [7, 11) is -3.85. The summed E-state index contributed by atoms with van der Waals surface area (Å²) < 4.78 is 28.5. The van der Waals surface area contributed by atoms with Gasteiger partial charge in [0.05, 0.1) is 16.6 Å². The molecule has 1 unspecified atom stereocenters. The SMILES string of the molecule is CC(=O)c1cccc(S(=O)(=O)NC(c2ccccc2)c2ccccn2)c1. The minimum Gasteiger partial charge on any atom is -0.295 e. The number of nitrogens with zero attached hydrogens (tertiary/aromatic N) is 1.